The first-order valence-corrected chi connectivity index (χ1v) is 4.79. The van der Waals surface area contributed by atoms with Crippen molar-refractivity contribution < 1.29 is 9.90 Å². The Hall–Kier alpha value is -1.05. The molecule has 74 valence electrons. The fourth-order valence-corrected chi connectivity index (χ4v) is 0.927. The number of hydrogen-bond acceptors (Lipinski definition) is 1. The topological polar surface area (TPSA) is 37.3 Å². The Balaban J connectivity index is 3.22. The number of allylic oxidation sites excluding steroid dienone is 4. The average Bonchev–Trinajstić information content (AvgIpc) is 2.09. The quantitative estimate of drug-likeness (QED) is 0.485. The Bertz CT molecular complexity index is 181. The van der Waals surface area contributed by atoms with Crippen LogP contribution >= 0.6 is 0 Å². The molecule has 13 heavy (non-hydrogen) atoms. The minimum absolute atomic E-state index is 0.273. The van der Waals surface area contributed by atoms with Crippen molar-refractivity contribution in [1.82, 2.24) is 0 Å². The summed E-state index contributed by atoms with van der Waals surface area (Å²) in [7, 11) is 0. The highest BCUT2D eigenvalue weighted by molar-refractivity contribution is 5.66. The molecule has 0 unspecified atom stereocenters. The third-order valence-electron chi connectivity index (χ3n) is 1.60. The van der Waals surface area contributed by atoms with Gasteiger partial charge in [-0.15, -0.1) is 0 Å². The number of hydrogen-bond donors (Lipinski definition) is 1. The van der Waals surface area contributed by atoms with E-state index < -0.39 is 5.97 Å². The van der Waals surface area contributed by atoms with Gasteiger partial charge in [0.15, 0.2) is 0 Å². The summed E-state index contributed by atoms with van der Waals surface area (Å²) in [6, 6.07) is 0. The molecule has 0 saturated heterocycles. The minimum Gasteiger partial charge on any atom is -0.481 e. The number of unbranched alkanes of at least 4 members (excludes halogenated alkanes) is 1. The molecule has 0 saturated carbocycles. The van der Waals surface area contributed by atoms with Gasteiger partial charge >= 0.3 is 5.97 Å². The fraction of sp³-hybridized carbons (Fsp3) is 0.545. The van der Waals surface area contributed by atoms with Gasteiger partial charge in [0.25, 0.3) is 0 Å². The van der Waals surface area contributed by atoms with E-state index in [9.17, 15) is 4.79 Å². The molecule has 0 fully saturated rings. The van der Waals surface area contributed by atoms with Gasteiger partial charge in [0, 0.05) is 6.42 Å². The van der Waals surface area contributed by atoms with Gasteiger partial charge in [-0.1, -0.05) is 31.2 Å². The normalized spacial score (nSPS) is 11.5. The van der Waals surface area contributed by atoms with E-state index >= 15 is 0 Å². The zero-order valence-electron chi connectivity index (χ0n) is 8.20. The van der Waals surface area contributed by atoms with Crippen molar-refractivity contribution >= 4 is 5.97 Å². The maximum Gasteiger partial charge on any atom is 0.303 e. The van der Waals surface area contributed by atoms with Crippen LogP contribution in [0.25, 0.3) is 0 Å². The Labute approximate surface area is 80.0 Å². The molecule has 0 aliphatic carbocycles. The van der Waals surface area contributed by atoms with Crippen LogP contribution in [0.3, 0.4) is 0 Å². The monoisotopic (exact) mass is 182 g/mol. The molecule has 0 rings (SSSR count). The zero-order chi connectivity index (χ0) is 9.94. The molecule has 0 radical (unpaired) electrons. The summed E-state index contributed by atoms with van der Waals surface area (Å²) in [6.45, 7) is 2.10. The Morgan fingerprint density at radius 2 is 1.92 bits per heavy atom. The number of carboxylic acids is 1. The highest BCUT2D eigenvalue weighted by Gasteiger charge is 1.92. The van der Waals surface area contributed by atoms with Gasteiger partial charge in [-0.2, -0.15) is 0 Å². The van der Waals surface area contributed by atoms with E-state index in [1.807, 2.05) is 6.08 Å². The lowest BCUT2D eigenvalue weighted by molar-refractivity contribution is -0.137. The van der Waals surface area contributed by atoms with Crippen LogP contribution in [0, 0.1) is 0 Å². The van der Waals surface area contributed by atoms with Crippen molar-refractivity contribution in [3.63, 3.8) is 0 Å². The second-order valence-corrected chi connectivity index (χ2v) is 2.87. The first kappa shape index (κ1) is 11.9. The van der Waals surface area contributed by atoms with E-state index in [0.29, 0.717) is 0 Å². The Kier molecular flexibility index (Phi) is 8.31. The lowest BCUT2D eigenvalue weighted by Gasteiger charge is -1.89. The summed E-state index contributed by atoms with van der Waals surface area (Å²) in [6.07, 6.45) is 12.3. The van der Waals surface area contributed by atoms with Gasteiger partial charge in [-0.05, 0) is 25.7 Å². The van der Waals surface area contributed by atoms with E-state index in [1.54, 1.807) is 0 Å². The molecule has 0 aromatic heterocycles. The van der Waals surface area contributed by atoms with E-state index in [2.05, 4.69) is 25.2 Å². The Morgan fingerprint density at radius 3 is 2.54 bits per heavy atom. The predicted octanol–water partition coefficient (Wildman–Crippen LogP) is 3.15. The summed E-state index contributed by atoms with van der Waals surface area (Å²) in [5, 5.41) is 8.35. The van der Waals surface area contributed by atoms with Crippen LogP contribution in [-0.2, 0) is 4.79 Å². The highest BCUT2D eigenvalue weighted by atomic mass is 16.4. The lowest BCUT2D eigenvalue weighted by atomic mass is 10.2. The molecular formula is C11H18O2. The van der Waals surface area contributed by atoms with E-state index in [1.165, 1.54) is 0 Å². The first-order chi connectivity index (χ1) is 6.27. The number of carbonyl (C=O) groups is 1. The van der Waals surface area contributed by atoms with Crippen LogP contribution in [-0.4, -0.2) is 11.1 Å². The maximum absolute atomic E-state index is 10.1. The van der Waals surface area contributed by atoms with Crippen LogP contribution in [0.2, 0.25) is 0 Å². The Morgan fingerprint density at radius 1 is 1.23 bits per heavy atom. The standard InChI is InChI=1S/C11H18O2/c1-2-3-4-5-6-7-8-9-10-11(12)13/h3-4,6-7H,2,5,8-10H2,1H3,(H,12,13)/b4-3-,7-6-. The maximum atomic E-state index is 10.1. The predicted molar refractivity (Wildman–Crippen MR) is 54.7 cm³/mol. The molecule has 0 aromatic carbocycles. The third-order valence-corrected chi connectivity index (χ3v) is 1.60. The van der Waals surface area contributed by atoms with Crippen LogP contribution in [0.15, 0.2) is 24.3 Å². The molecule has 0 heterocycles. The lowest BCUT2D eigenvalue weighted by Crippen LogP contribution is -1.92. The summed E-state index contributed by atoms with van der Waals surface area (Å²) < 4.78 is 0. The van der Waals surface area contributed by atoms with Crippen molar-refractivity contribution in [2.75, 3.05) is 0 Å². The van der Waals surface area contributed by atoms with Crippen LogP contribution in [0.5, 0.6) is 0 Å². The van der Waals surface area contributed by atoms with Crippen molar-refractivity contribution in [2.24, 2.45) is 0 Å². The minimum atomic E-state index is -0.709. The zero-order valence-corrected chi connectivity index (χ0v) is 8.20. The number of carboxylic acid groups (broad SMARTS) is 1. The summed E-state index contributed by atoms with van der Waals surface area (Å²) >= 11 is 0. The van der Waals surface area contributed by atoms with Crippen LogP contribution in [0.4, 0.5) is 0 Å². The second kappa shape index (κ2) is 9.04. The van der Waals surface area contributed by atoms with Crippen molar-refractivity contribution in [3.05, 3.63) is 24.3 Å². The molecule has 0 aromatic rings. The largest absolute Gasteiger partial charge is 0.481 e. The van der Waals surface area contributed by atoms with Crippen molar-refractivity contribution in [2.45, 2.75) is 39.0 Å². The molecular weight excluding hydrogens is 164 g/mol. The smallest absolute Gasteiger partial charge is 0.303 e. The van der Waals surface area contributed by atoms with Crippen molar-refractivity contribution in [3.8, 4) is 0 Å². The second-order valence-electron chi connectivity index (χ2n) is 2.87. The number of aliphatic carboxylic acids is 1. The molecule has 0 atom stereocenters. The van der Waals surface area contributed by atoms with Crippen LogP contribution < -0.4 is 0 Å². The SMILES string of the molecule is CC/C=C\C/C=C\CCCC(=O)O. The van der Waals surface area contributed by atoms with Crippen molar-refractivity contribution in [1.29, 1.82) is 0 Å². The van der Waals surface area contributed by atoms with Gasteiger partial charge in [0.05, 0.1) is 0 Å². The van der Waals surface area contributed by atoms with Gasteiger partial charge in [-0.25, -0.2) is 0 Å². The molecule has 0 amide bonds. The molecule has 0 aliphatic rings. The van der Waals surface area contributed by atoms with Gasteiger partial charge in [0.1, 0.15) is 0 Å². The highest BCUT2D eigenvalue weighted by Crippen LogP contribution is 1.98. The van der Waals surface area contributed by atoms with E-state index in [4.69, 9.17) is 5.11 Å². The average molecular weight is 182 g/mol. The van der Waals surface area contributed by atoms with Gasteiger partial charge in [0.2, 0.25) is 0 Å². The van der Waals surface area contributed by atoms with E-state index in [0.717, 1.165) is 25.7 Å². The molecule has 2 nitrogen and oxygen atoms in total. The summed E-state index contributed by atoms with van der Waals surface area (Å²) in [5.41, 5.74) is 0. The van der Waals surface area contributed by atoms with Gasteiger partial charge in [-0.3, -0.25) is 4.79 Å². The molecule has 2 heteroatoms. The van der Waals surface area contributed by atoms with Crippen LogP contribution in [0.1, 0.15) is 39.0 Å². The summed E-state index contributed by atoms with van der Waals surface area (Å²) in [4.78, 5) is 10.1. The van der Waals surface area contributed by atoms with Gasteiger partial charge < -0.3 is 5.11 Å². The fourth-order valence-electron chi connectivity index (χ4n) is 0.927. The number of rotatable bonds is 7. The first-order valence-electron chi connectivity index (χ1n) is 4.79. The molecule has 0 aliphatic heterocycles. The summed E-state index contributed by atoms with van der Waals surface area (Å²) in [5.74, 6) is -0.709. The van der Waals surface area contributed by atoms with E-state index in [-0.39, 0.29) is 6.42 Å². The third kappa shape index (κ3) is 10.9. The molecule has 0 bridgehead atoms. The molecule has 1 N–H and O–H groups in total. The molecule has 0 spiro atoms.